The smallest absolute Gasteiger partial charge is 0.346 e. The maximum atomic E-state index is 13.3. The summed E-state index contributed by atoms with van der Waals surface area (Å²) in [7, 11) is 0. The minimum atomic E-state index is -1.23. The highest BCUT2D eigenvalue weighted by Crippen LogP contribution is 2.42. The van der Waals surface area contributed by atoms with Gasteiger partial charge in [-0.15, -0.1) is 6.58 Å². The predicted molar refractivity (Wildman–Crippen MR) is 134 cm³/mol. The number of ether oxygens (including phenoxy) is 2. The fraction of sp³-hybridized carbons (Fsp3) is 0.310. The van der Waals surface area contributed by atoms with Gasteiger partial charge in [0.15, 0.2) is 5.60 Å². The van der Waals surface area contributed by atoms with Crippen LogP contribution in [0.2, 0.25) is 0 Å². The minimum absolute atomic E-state index is 0.295. The molecule has 0 aliphatic carbocycles. The molecule has 0 saturated carbocycles. The van der Waals surface area contributed by atoms with Crippen LogP contribution in [-0.4, -0.2) is 23.8 Å². The first kappa shape index (κ1) is 23.7. The van der Waals surface area contributed by atoms with E-state index >= 15 is 0 Å². The summed E-state index contributed by atoms with van der Waals surface area (Å²) in [6.45, 7) is 11.2. The molecule has 1 aliphatic heterocycles. The van der Waals surface area contributed by atoms with Crippen molar-refractivity contribution in [3.05, 3.63) is 108 Å². The average Bonchev–Trinajstić information content (AvgIpc) is 3.18. The maximum absolute atomic E-state index is 13.3. The molecule has 1 saturated heterocycles. The molecule has 0 unspecified atom stereocenters. The second-order valence-corrected chi connectivity index (χ2v) is 9.72. The average molecular weight is 457 g/mol. The van der Waals surface area contributed by atoms with Gasteiger partial charge in [-0.05, 0) is 29.8 Å². The summed E-state index contributed by atoms with van der Waals surface area (Å²) in [4.78, 5) is 20.4. The Morgan fingerprint density at radius 1 is 0.971 bits per heavy atom. The van der Waals surface area contributed by atoms with Crippen LogP contribution >= 0.6 is 0 Å². The zero-order valence-electron chi connectivity index (χ0n) is 20.1. The molecule has 1 aromatic heterocycles. The van der Waals surface area contributed by atoms with Gasteiger partial charge in [0.05, 0.1) is 12.2 Å². The molecule has 5 heteroatoms. The number of cyclic esters (lactones) is 1. The van der Waals surface area contributed by atoms with Crippen LogP contribution in [0.5, 0.6) is 0 Å². The lowest BCUT2D eigenvalue weighted by Gasteiger charge is -2.29. The SMILES string of the molecule is C=CCN(Cc1cccc(C[C@@]2(c3ccccc3)O[C@H](C(C)(C)C)OC2=O)n1)c1ccccc1. The van der Waals surface area contributed by atoms with Gasteiger partial charge in [0.25, 0.3) is 0 Å². The Hall–Kier alpha value is -3.44. The number of esters is 1. The van der Waals surface area contributed by atoms with Crippen LogP contribution in [0.4, 0.5) is 5.69 Å². The Morgan fingerprint density at radius 3 is 2.24 bits per heavy atom. The minimum Gasteiger partial charge on any atom is -0.433 e. The molecular formula is C29H32N2O3. The van der Waals surface area contributed by atoms with Gasteiger partial charge in [0.1, 0.15) is 0 Å². The summed E-state index contributed by atoms with van der Waals surface area (Å²) in [5, 5.41) is 0. The van der Waals surface area contributed by atoms with E-state index < -0.39 is 11.9 Å². The Morgan fingerprint density at radius 2 is 1.62 bits per heavy atom. The highest BCUT2D eigenvalue weighted by Gasteiger charge is 2.54. The van der Waals surface area contributed by atoms with Crippen LogP contribution in [0.25, 0.3) is 0 Å². The second kappa shape index (κ2) is 9.82. The van der Waals surface area contributed by atoms with Gasteiger partial charge in [-0.1, -0.05) is 81.4 Å². The molecular weight excluding hydrogens is 424 g/mol. The van der Waals surface area contributed by atoms with Crippen LogP contribution in [0.3, 0.4) is 0 Å². The van der Waals surface area contributed by atoms with E-state index in [4.69, 9.17) is 14.5 Å². The molecule has 1 aliphatic rings. The monoisotopic (exact) mass is 456 g/mol. The zero-order chi connectivity index (χ0) is 24.2. The van der Waals surface area contributed by atoms with Gasteiger partial charge in [-0.2, -0.15) is 0 Å². The molecule has 5 nitrogen and oxygen atoms in total. The number of pyridine rings is 1. The summed E-state index contributed by atoms with van der Waals surface area (Å²) < 4.78 is 12.2. The third kappa shape index (κ3) is 5.05. The molecule has 0 N–H and O–H groups in total. The van der Waals surface area contributed by atoms with E-state index in [2.05, 4.69) is 23.6 Å². The number of rotatable bonds is 8. The normalized spacial score (nSPS) is 20.1. The van der Waals surface area contributed by atoms with E-state index in [0.717, 1.165) is 22.6 Å². The van der Waals surface area contributed by atoms with Crippen LogP contribution in [-0.2, 0) is 32.8 Å². The zero-order valence-corrected chi connectivity index (χ0v) is 20.1. The van der Waals surface area contributed by atoms with Gasteiger partial charge in [0.2, 0.25) is 6.29 Å². The van der Waals surface area contributed by atoms with Gasteiger partial charge in [-0.25, -0.2) is 4.79 Å². The lowest BCUT2D eigenvalue weighted by atomic mass is 9.88. The first-order chi connectivity index (χ1) is 16.3. The largest absolute Gasteiger partial charge is 0.433 e. The van der Waals surface area contributed by atoms with Crippen molar-refractivity contribution in [3.8, 4) is 0 Å². The van der Waals surface area contributed by atoms with Crippen molar-refractivity contribution in [3.63, 3.8) is 0 Å². The Bertz CT molecular complexity index is 1120. The van der Waals surface area contributed by atoms with Crippen molar-refractivity contribution >= 4 is 11.7 Å². The summed E-state index contributed by atoms with van der Waals surface area (Å²) >= 11 is 0. The number of hydrogen-bond acceptors (Lipinski definition) is 5. The van der Waals surface area contributed by atoms with E-state index in [0.29, 0.717) is 19.5 Å². The third-order valence-electron chi connectivity index (χ3n) is 5.92. The molecule has 2 aromatic carbocycles. The van der Waals surface area contributed by atoms with Crippen molar-refractivity contribution in [2.24, 2.45) is 5.41 Å². The molecule has 0 amide bonds. The van der Waals surface area contributed by atoms with E-state index in [1.165, 1.54) is 0 Å². The maximum Gasteiger partial charge on any atom is 0.346 e. The van der Waals surface area contributed by atoms with E-state index in [9.17, 15) is 4.79 Å². The van der Waals surface area contributed by atoms with E-state index in [1.54, 1.807) is 0 Å². The van der Waals surface area contributed by atoms with Gasteiger partial charge in [0, 0.05) is 29.8 Å². The second-order valence-electron chi connectivity index (χ2n) is 9.72. The summed E-state index contributed by atoms with van der Waals surface area (Å²) in [5.41, 5.74) is 1.99. The standard InChI is InChI=1S/C29H32N2O3/c1-5-19-31(25-17-10-7-11-18-25)21-24-16-12-15-23(30-24)20-29(22-13-8-6-9-14-22)26(32)33-27(34-29)28(2,3)4/h5-18,27H,1,19-21H2,2-4H3/t27-,29+/m1/s1. The quantitative estimate of drug-likeness (QED) is 0.323. The number of hydrogen-bond donors (Lipinski definition) is 0. The number of carbonyl (C=O) groups excluding carboxylic acids is 1. The summed E-state index contributed by atoms with van der Waals surface area (Å²) in [6.07, 6.45) is 1.55. The molecule has 2 atom stereocenters. The van der Waals surface area contributed by atoms with E-state index in [1.807, 2.05) is 93.6 Å². The first-order valence-electron chi connectivity index (χ1n) is 11.6. The van der Waals surface area contributed by atoms with Crippen molar-refractivity contribution < 1.29 is 14.3 Å². The first-order valence-corrected chi connectivity index (χ1v) is 11.6. The van der Waals surface area contributed by atoms with Crippen molar-refractivity contribution in [2.45, 2.75) is 45.6 Å². The number of para-hydroxylation sites is 1. The fourth-order valence-corrected chi connectivity index (χ4v) is 4.13. The molecule has 0 radical (unpaired) electrons. The van der Waals surface area contributed by atoms with Gasteiger partial charge >= 0.3 is 5.97 Å². The Balaban J connectivity index is 1.64. The van der Waals surface area contributed by atoms with Crippen molar-refractivity contribution in [2.75, 3.05) is 11.4 Å². The van der Waals surface area contributed by atoms with Gasteiger partial charge in [-0.3, -0.25) is 4.98 Å². The van der Waals surface area contributed by atoms with Crippen molar-refractivity contribution in [1.82, 2.24) is 4.98 Å². The van der Waals surface area contributed by atoms with Crippen LogP contribution in [0.15, 0.2) is 91.5 Å². The summed E-state index contributed by atoms with van der Waals surface area (Å²) in [5.74, 6) is -0.372. The molecule has 4 rings (SSSR count). The number of aromatic nitrogens is 1. The number of nitrogens with zero attached hydrogens (tertiary/aromatic N) is 2. The molecule has 1 fully saturated rings. The number of carbonyl (C=O) groups is 1. The van der Waals surface area contributed by atoms with E-state index in [-0.39, 0.29) is 11.4 Å². The number of benzene rings is 2. The van der Waals surface area contributed by atoms with Crippen molar-refractivity contribution in [1.29, 1.82) is 0 Å². The highest BCUT2D eigenvalue weighted by atomic mass is 16.8. The van der Waals surface area contributed by atoms with Gasteiger partial charge < -0.3 is 14.4 Å². The molecule has 2 heterocycles. The lowest BCUT2D eigenvalue weighted by Crippen LogP contribution is -2.37. The third-order valence-corrected chi connectivity index (χ3v) is 5.92. The summed E-state index contributed by atoms with van der Waals surface area (Å²) in [6, 6.07) is 25.7. The molecule has 3 aromatic rings. The highest BCUT2D eigenvalue weighted by molar-refractivity contribution is 5.83. The molecule has 176 valence electrons. The predicted octanol–water partition coefficient (Wildman–Crippen LogP) is 5.66. The molecule has 34 heavy (non-hydrogen) atoms. The molecule has 0 bridgehead atoms. The number of anilines is 1. The van der Waals surface area contributed by atoms with Crippen LogP contribution in [0, 0.1) is 5.41 Å². The van der Waals surface area contributed by atoms with Crippen LogP contribution in [0.1, 0.15) is 37.7 Å². The molecule has 0 spiro atoms. The fourth-order valence-electron chi connectivity index (χ4n) is 4.13. The Kier molecular flexibility index (Phi) is 6.85. The Labute approximate surface area is 202 Å². The topological polar surface area (TPSA) is 51.7 Å². The van der Waals surface area contributed by atoms with Crippen LogP contribution < -0.4 is 4.90 Å². The lowest BCUT2D eigenvalue weighted by molar-refractivity contribution is -0.156.